The van der Waals surface area contributed by atoms with Crippen LogP contribution in [0.15, 0.2) is 22.7 Å². The second kappa shape index (κ2) is 6.26. The van der Waals surface area contributed by atoms with Crippen molar-refractivity contribution < 1.29 is 5.11 Å². The first-order valence-corrected chi connectivity index (χ1v) is 6.02. The van der Waals surface area contributed by atoms with Crippen molar-refractivity contribution in [3.8, 4) is 0 Å². The zero-order chi connectivity index (χ0) is 11.3. The van der Waals surface area contributed by atoms with Gasteiger partial charge in [-0.05, 0) is 49.4 Å². The van der Waals surface area contributed by atoms with E-state index in [4.69, 9.17) is 10.8 Å². The summed E-state index contributed by atoms with van der Waals surface area (Å²) in [5, 5.41) is 9.03. The third kappa shape index (κ3) is 3.93. The molecule has 0 saturated carbocycles. The number of rotatable bonds is 5. The van der Waals surface area contributed by atoms with Crippen molar-refractivity contribution in [1.29, 1.82) is 0 Å². The van der Waals surface area contributed by atoms with Crippen LogP contribution in [0.1, 0.15) is 17.5 Å². The average molecular weight is 272 g/mol. The molecule has 0 amide bonds. The van der Waals surface area contributed by atoms with Gasteiger partial charge in [-0.25, -0.2) is 0 Å². The van der Waals surface area contributed by atoms with E-state index in [1.807, 2.05) is 0 Å². The largest absolute Gasteiger partial charge is 0.396 e. The van der Waals surface area contributed by atoms with Gasteiger partial charge in [-0.1, -0.05) is 28.1 Å². The van der Waals surface area contributed by atoms with E-state index in [2.05, 4.69) is 41.1 Å². The van der Waals surface area contributed by atoms with Gasteiger partial charge in [0.05, 0.1) is 0 Å². The summed E-state index contributed by atoms with van der Waals surface area (Å²) in [6, 6.07) is 6.35. The summed E-state index contributed by atoms with van der Waals surface area (Å²) in [6.45, 7) is 2.81. The molecule has 0 radical (unpaired) electrons. The molecule has 3 heteroatoms. The van der Waals surface area contributed by atoms with E-state index in [-0.39, 0.29) is 12.5 Å². The Balaban J connectivity index is 2.57. The zero-order valence-electron chi connectivity index (χ0n) is 9.04. The highest BCUT2D eigenvalue weighted by atomic mass is 79.9. The normalized spacial score (nSPS) is 12.8. The molecule has 0 heterocycles. The molecule has 2 nitrogen and oxygen atoms in total. The van der Waals surface area contributed by atoms with Crippen LogP contribution in [0, 0.1) is 12.8 Å². The maximum atomic E-state index is 9.03. The maximum absolute atomic E-state index is 9.03. The molecule has 0 spiro atoms. The van der Waals surface area contributed by atoms with E-state index in [9.17, 15) is 0 Å². The van der Waals surface area contributed by atoms with E-state index >= 15 is 0 Å². The molecule has 0 saturated heterocycles. The quantitative estimate of drug-likeness (QED) is 0.863. The lowest BCUT2D eigenvalue weighted by molar-refractivity contribution is 0.223. The lowest BCUT2D eigenvalue weighted by Crippen LogP contribution is -2.18. The lowest BCUT2D eigenvalue weighted by Gasteiger charge is -2.12. The minimum absolute atomic E-state index is 0.181. The van der Waals surface area contributed by atoms with Gasteiger partial charge < -0.3 is 10.8 Å². The number of aliphatic hydroxyl groups is 1. The predicted octanol–water partition coefficient (Wildman–Crippen LogP) is 2.26. The van der Waals surface area contributed by atoms with Crippen LogP contribution in [-0.4, -0.2) is 18.3 Å². The van der Waals surface area contributed by atoms with E-state index in [0.29, 0.717) is 6.54 Å². The standard InChI is InChI=1S/C12H18BrNO/c1-9-2-4-11(12(13)6-9)5-3-10(7-14)8-15/h2,4,6,10,15H,3,5,7-8,14H2,1H3. The molecule has 84 valence electrons. The first kappa shape index (κ1) is 12.7. The van der Waals surface area contributed by atoms with Gasteiger partial charge in [0, 0.05) is 11.1 Å². The monoisotopic (exact) mass is 271 g/mol. The van der Waals surface area contributed by atoms with Crippen molar-refractivity contribution >= 4 is 15.9 Å². The van der Waals surface area contributed by atoms with Crippen LogP contribution in [0.5, 0.6) is 0 Å². The van der Waals surface area contributed by atoms with Crippen LogP contribution in [0.25, 0.3) is 0 Å². The Bertz CT molecular complexity index is 310. The topological polar surface area (TPSA) is 46.2 Å². The molecule has 3 N–H and O–H groups in total. The van der Waals surface area contributed by atoms with Gasteiger partial charge >= 0.3 is 0 Å². The summed E-state index contributed by atoms with van der Waals surface area (Å²) in [4.78, 5) is 0. The molecule has 1 aromatic rings. The molecule has 0 bridgehead atoms. The van der Waals surface area contributed by atoms with Crippen molar-refractivity contribution in [2.75, 3.05) is 13.2 Å². The first-order chi connectivity index (χ1) is 7.17. The summed E-state index contributed by atoms with van der Waals surface area (Å²) in [7, 11) is 0. The van der Waals surface area contributed by atoms with Crippen molar-refractivity contribution in [3.63, 3.8) is 0 Å². The molecule has 1 rings (SSSR count). The third-order valence-corrected chi connectivity index (χ3v) is 3.36. The molecule has 15 heavy (non-hydrogen) atoms. The van der Waals surface area contributed by atoms with Gasteiger partial charge in [0.2, 0.25) is 0 Å². The number of hydrogen-bond acceptors (Lipinski definition) is 2. The van der Waals surface area contributed by atoms with Crippen LogP contribution in [0.4, 0.5) is 0 Å². The van der Waals surface area contributed by atoms with Crippen LogP contribution >= 0.6 is 15.9 Å². The average Bonchev–Trinajstić information content (AvgIpc) is 2.22. The molecule has 0 aliphatic heterocycles. The van der Waals surface area contributed by atoms with Crippen molar-refractivity contribution in [2.24, 2.45) is 11.7 Å². The van der Waals surface area contributed by atoms with Crippen molar-refractivity contribution in [1.82, 2.24) is 0 Å². The Hall–Kier alpha value is -0.380. The zero-order valence-corrected chi connectivity index (χ0v) is 10.6. The second-order valence-corrected chi connectivity index (χ2v) is 4.77. The van der Waals surface area contributed by atoms with Gasteiger partial charge in [0.25, 0.3) is 0 Å². The summed E-state index contributed by atoms with van der Waals surface area (Å²) in [6.07, 6.45) is 1.90. The van der Waals surface area contributed by atoms with E-state index < -0.39 is 0 Å². The van der Waals surface area contributed by atoms with E-state index in [0.717, 1.165) is 17.3 Å². The van der Waals surface area contributed by atoms with Gasteiger partial charge in [0.15, 0.2) is 0 Å². The highest BCUT2D eigenvalue weighted by Gasteiger charge is 2.07. The number of benzene rings is 1. The minimum Gasteiger partial charge on any atom is -0.396 e. The molecule has 0 fully saturated rings. The van der Waals surface area contributed by atoms with Crippen LogP contribution in [-0.2, 0) is 6.42 Å². The number of halogens is 1. The van der Waals surface area contributed by atoms with Crippen LogP contribution in [0.2, 0.25) is 0 Å². The fraction of sp³-hybridized carbons (Fsp3) is 0.500. The molecule has 0 aliphatic rings. The molecule has 1 unspecified atom stereocenters. The van der Waals surface area contributed by atoms with E-state index in [1.54, 1.807) is 0 Å². The first-order valence-electron chi connectivity index (χ1n) is 5.23. The van der Waals surface area contributed by atoms with Gasteiger partial charge in [-0.2, -0.15) is 0 Å². The SMILES string of the molecule is Cc1ccc(CCC(CN)CO)c(Br)c1. The maximum Gasteiger partial charge on any atom is 0.0471 e. The molecular formula is C12H18BrNO. The Morgan fingerprint density at radius 2 is 2.20 bits per heavy atom. The van der Waals surface area contributed by atoms with Crippen LogP contribution < -0.4 is 5.73 Å². The van der Waals surface area contributed by atoms with Gasteiger partial charge in [0.1, 0.15) is 0 Å². The fourth-order valence-corrected chi connectivity index (χ4v) is 2.19. The Labute approximate surface area is 99.6 Å². The molecular weight excluding hydrogens is 254 g/mol. The summed E-state index contributed by atoms with van der Waals surface area (Å²) in [5.41, 5.74) is 8.08. The highest BCUT2D eigenvalue weighted by molar-refractivity contribution is 9.10. The Morgan fingerprint density at radius 3 is 2.73 bits per heavy atom. The van der Waals surface area contributed by atoms with Crippen LogP contribution in [0.3, 0.4) is 0 Å². The molecule has 0 aromatic heterocycles. The second-order valence-electron chi connectivity index (χ2n) is 3.92. The number of aryl methyl sites for hydroxylation is 2. The number of hydrogen-bond donors (Lipinski definition) is 2. The summed E-state index contributed by atoms with van der Waals surface area (Å²) >= 11 is 3.55. The third-order valence-electron chi connectivity index (χ3n) is 2.62. The molecule has 1 atom stereocenters. The fourth-order valence-electron chi connectivity index (χ4n) is 1.50. The van der Waals surface area contributed by atoms with Crippen molar-refractivity contribution in [2.45, 2.75) is 19.8 Å². The Morgan fingerprint density at radius 1 is 1.47 bits per heavy atom. The van der Waals surface area contributed by atoms with E-state index in [1.165, 1.54) is 11.1 Å². The molecule has 1 aromatic carbocycles. The molecule has 0 aliphatic carbocycles. The van der Waals surface area contributed by atoms with Gasteiger partial charge in [-0.3, -0.25) is 0 Å². The predicted molar refractivity (Wildman–Crippen MR) is 66.8 cm³/mol. The minimum atomic E-state index is 0.181. The Kier molecular flexibility index (Phi) is 5.29. The number of aliphatic hydroxyl groups excluding tert-OH is 1. The summed E-state index contributed by atoms with van der Waals surface area (Å²) < 4.78 is 1.15. The van der Waals surface area contributed by atoms with Crippen molar-refractivity contribution in [3.05, 3.63) is 33.8 Å². The summed E-state index contributed by atoms with van der Waals surface area (Å²) in [5.74, 6) is 0.221. The smallest absolute Gasteiger partial charge is 0.0471 e. The van der Waals surface area contributed by atoms with Gasteiger partial charge in [-0.15, -0.1) is 0 Å². The lowest BCUT2D eigenvalue weighted by atomic mass is 10.00. The highest BCUT2D eigenvalue weighted by Crippen LogP contribution is 2.20. The number of nitrogens with two attached hydrogens (primary N) is 1.